The van der Waals surface area contributed by atoms with Crippen molar-refractivity contribution in [2.45, 2.75) is 13.3 Å². The van der Waals surface area contributed by atoms with Gasteiger partial charge in [-0.25, -0.2) is 4.68 Å². The van der Waals surface area contributed by atoms with E-state index in [0.29, 0.717) is 6.54 Å². The lowest BCUT2D eigenvalue weighted by atomic mass is 10.1. The fourth-order valence-electron chi connectivity index (χ4n) is 1.81. The number of rotatable bonds is 3. The van der Waals surface area contributed by atoms with E-state index in [9.17, 15) is 0 Å². The molecule has 0 atom stereocenters. The van der Waals surface area contributed by atoms with Gasteiger partial charge in [0, 0.05) is 12.4 Å². The predicted molar refractivity (Wildman–Crippen MR) is 61.1 cm³/mol. The average molecular weight is 201 g/mol. The Morgan fingerprint density at radius 2 is 2.20 bits per heavy atom. The summed E-state index contributed by atoms with van der Waals surface area (Å²) < 4.78 is 1.90. The fraction of sp³-hybridized carbons (Fsp3) is 0.250. The lowest BCUT2D eigenvalue weighted by molar-refractivity contribution is 0.843. The molecule has 0 saturated carbocycles. The second-order valence-electron chi connectivity index (χ2n) is 3.57. The van der Waals surface area contributed by atoms with Gasteiger partial charge in [0.05, 0.1) is 5.69 Å². The monoisotopic (exact) mass is 201 g/mol. The van der Waals surface area contributed by atoms with Gasteiger partial charge in [-0.3, -0.25) is 0 Å². The number of hydrogen-bond donors (Lipinski definition) is 1. The van der Waals surface area contributed by atoms with Crippen LogP contribution in [0.1, 0.15) is 11.1 Å². The molecule has 0 amide bonds. The Labute approximate surface area is 89.5 Å². The van der Waals surface area contributed by atoms with Gasteiger partial charge >= 0.3 is 0 Å². The minimum atomic E-state index is 0.664. The van der Waals surface area contributed by atoms with Crippen LogP contribution in [0.25, 0.3) is 5.69 Å². The largest absolute Gasteiger partial charge is 0.330 e. The first kappa shape index (κ1) is 9.93. The molecular weight excluding hydrogens is 186 g/mol. The summed E-state index contributed by atoms with van der Waals surface area (Å²) in [5.41, 5.74) is 9.24. The summed E-state index contributed by atoms with van der Waals surface area (Å²) >= 11 is 0. The van der Waals surface area contributed by atoms with Crippen LogP contribution in [-0.2, 0) is 6.42 Å². The van der Waals surface area contributed by atoms with E-state index in [2.05, 4.69) is 30.2 Å². The molecule has 0 aliphatic rings. The molecule has 0 bridgehead atoms. The summed E-state index contributed by atoms with van der Waals surface area (Å²) in [5.74, 6) is 0. The Bertz CT molecular complexity index is 432. The van der Waals surface area contributed by atoms with E-state index in [0.717, 1.165) is 12.1 Å². The van der Waals surface area contributed by atoms with E-state index in [4.69, 9.17) is 5.73 Å². The number of aromatic nitrogens is 2. The van der Waals surface area contributed by atoms with Crippen molar-refractivity contribution in [1.29, 1.82) is 0 Å². The van der Waals surface area contributed by atoms with Crippen molar-refractivity contribution >= 4 is 0 Å². The van der Waals surface area contributed by atoms with Gasteiger partial charge in [-0.15, -0.1) is 0 Å². The topological polar surface area (TPSA) is 43.8 Å². The molecule has 0 saturated heterocycles. The van der Waals surface area contributed by atoms with Gasteiger partial charge in [0.1, 0.15) is 0 Å². The molecule has 0 aliphatic heterocycles. The summed E-state index contributed by atoms with van der Waals surface area (Å²) in [6.45, 7) is 2.76. The second-order valence-corrected chi connectivity index (χ2v) is 3.57. The van der Waals surface area contributed by atoms with Gasteiger partial charge < -0.3 is 5.73 Å². The highest BCUT2D eigenvalue weighted by atomic mass is 15.3. The molecule has 78 valence electrons. The Morgan fingerprint density at radius 1 is 1.33 bits per heavy atom. The van der Waals surface area contributed by atoms with Crippen molar-refractivity contribution in [2.75, 3.05) is 6.54 Å². The molecule has 0 fully saturated rings. The van der Waals surface area contributed by atoms with Crippen molar-refractivity contribution in [3.63, 3.8) is 0 Å². The number of benzene rings is 1. The number of hydrogen-bond acceptors (Lipinski definition) is 2. The Hall–Kier alpha value is -1.61. The first-order valence-corrected chi connectivity index (χ1v) is 5.11. The number of para-hydroxylation sites is 1. The highest BCUT2D eigenvalue weighted by Crippen LogP contribution is 2.18. The predicted octanol–water partition coefficient (Wildman–Crippen LogP) is 1.68. The summed E-state index contributed by atoms with van der Waals surface area (Å²) in [7, 11) is 0. The number of nitrogens with zero attached hydrogens (tertiary/aromatic N) is 2. The van der Waals surface area contributed by atoms with Gasteiger partial charge in [0.15, 0.2) is 0 Å². The summed E-state index contributed by atoms with van der Waals surface area (Å²) in [4.78, 5) is 0. The smallest absolute Gasteiger partial charge is 0.0707 e. The maximum absolute atomic E-state index is 5.60. The van der Waals surface area contributed by atoms with Gasteiger partial charge in [0.2, 0.25) is 0 Å². The first-order chi connectivity index (χ1) is 7.33. The van der Waals surface area contributed by atoms with Crippen molar-refractivity contribution in [3.05, 3.63) is 47.8 Å². The van der Waals surface area contributed by atoms with Crippen LogP contribution < -0.4 is 5.73 Å². The van der Waals surface area contributed by atoms with Crippen LogP contribution in [-0.4, -0.2) is 16.3 Å². The summed E-state index contributed by atoms with van der Waals surface area (Å²) in [5, 5.41) is 4.27. The summed E-state index contributed by atoms with van der Waals surface area (Å²) in [6, 6.07) is 8.19. The van der Waals surface area contributed by atoms with Crippen LogP contribution in [0.15, 0.2) is 36.7 Å². The number of nitrogens with two attached hydrogens (primary N) is 1. The third-order valence-electron chi connectivity index (χ3n) is 2.47. The molecule has 2 rings (SSSR count). The Kier molecular flexibility index (Phi) is 2.83. The molecular formula is C12H15N3. The van der Waals surface area contributed by atoms with Crippen LogP contribution in [0.2, 0.25) is 0 Å². The lowest BCUT2D eigenvalue weighted by Gasteiger charge is -2.11. The molecule has 0 unspecified atom stereocenters. The van der Waals surface area contributed by atoms with Crippen LogP contribution in [0.5, 0.6) is 0 Å². The zero-order valence-corrected chi connectivity index (χ0v) is 8.85. The van der Waals surface area contributed by atoms with Gasteiger partial charge in [-0.1, -0.05) is 18.2 Å². The van der Waals surface area contributed by atoms with Gasteiger partial charge in [0.25, 0.3) is 0 Å². The minimum absolute atomic E-state index is 0.664. The van der Waals surface area contributed by atoms with Crippen LogP contribution in [0.4, 0.5) is 0 Å². The third kappa shape index (κ3) is 1.92. The van der Waals surface area contributed by atoms with Crippen LogP contribution >= 0.6 is 0 Å². The summed E-state index contributed by atoms with van der Waals surface area (Å²) in [6.07, 6.45) is 4.64. The highest BCUT2D eigenvalue weighted by molar-refractivity contribution is 5.47. The van der Waals surface area contributed by atoms with E-state index in [1.54, 1.807) is 6.20 Å². The van der Waals surface area contributed by atoms with Crippen LogP contribution in [0.3, 0.4) is 0 Å². The quantitative estimate of drug-likeness (QED) is 0.821. The Morgan fingerprint density at radius 3 is 2.87 bits per heavy atom. The maximum atomic E-state index is 5.60. The molecule has 2 aromatic rings. The van der Waals surface area contributed by atoms with Crippen molar-refractivity contribution in [1.82, 2.24) is 9.78 Å². The zero-order valence-electron chi connectivity index (χ0n) is 8.85. The minimum Gasteiger partial charge on any atom is -0.330 e. The van der Waals surface area contributed by atoms with Crippen molar-refractivity contribution in [3.8, 4) is 5.69 Å². The molecule has 1 heterocycles. The van der Waals surface area contributed by atoms with Crippen LogP contribution in [0, 0.1) is 6.92 Å². The van der Waals surface area contributed by atoms with Crippen molar-refractivity contribution in [2.24, 2.45) is 5.73 Å². The van der Waals surface area contributed by atoms with Gasteiger partial charge in [-0.2, -0.15) is 5.10 Å². The van der Waals surface area contributed by atoms with Gasteiger partial charge in [-0.05, 0) is 37.1 Å². The molecule has 2 N–H and O–H groups in total. The fourth-order valence-corrected chi connectivity index (χ4v) is 1.81. The van der Waals surface area contributed by atoms with E-state index in [-0.39, 0.29) is 0 Å². The van der Waals surface area contributed by atoms with E-state index < -0.39 is 0 Å². The molecule has 3 heteroatoms. The molecule has 0 radical (unpaired) electrons. The van der Waals surface area contributed by atoms with E-state index in [1.165, 1.54) is 11.1 Å². The SMILES string of the molecule is Cc1cccc(CCN)c1-n1cccn1. The van der Waals surface area contributed by atoms with E-state index >= 15 is 0 Å². The molecule has 1 aromatic carbocycles. The van der Waals surface area contributed by atoms with Crippen molar-refractivity contribution < 1.29 is 0 Å². The number of aryl methyl sites for hydroxylation is 1. The third-order valence-corrected chi connectivity index (χ3v) is 2.47. The highest BCUT2D eigenvalue weighted by Gasteiger charge is 2.06. The standard InChI is InChI=1S/C12H15N3/c1-10-4-2-5-11(6-7-13)12(10)15-9-3-8-14-15/h2-5,8-9H,6-7,13H2,1H3. The molecule has 1 aromatic heterocycles. The maximum Gasteiger partial charge on any atom is 0.0707 e. The molecule has 0 aliphatic carbocycles. The molecule has 3 nitrogen and oxygen atoms in total. The molecule has 0 spiro atoms. The average Bonchev–Trinajstić information content (AvgIpc) is 2.71. The van der Waals surface area contributed by atoms with E-state index in [1.807, 2.05) is 16.9 Å². The second kappa shape index (κ2) is 4.28. The zero-order chi connectivity index (χ0) is 10.7. The molecule has 15 heavy (non-hydrogen) atoms. The first-order valence-electron chi connectivity index (χ1n) is 5.11. The normalized spacial score (nSPS) is 10.5. The lowest BCUT2D eigenvalue weighted by Crippen LogP contribution is -2.08. The Balaban J connectivity index is 2.52.